The van der Waals surface area contributed by atoms with Gasteiger partial charge < -0.3 is 13.3 Å². The fraction of sp³-hybridized carbons (Fsp3) is 0.111. The zero-order valence-electron chi connectivity index (χ0n) is 9.93. The summed E-state index contributed by atoms with van der Waals surface area (Å²) in [4.78, 5) is 21.4. The van der Waals surface area contributed by atoms with Crippen molar-refractivity contribution in [1.82, 2.24) is 0 Å². The Labute approximate surface area is 125 Å². The average Bonchev–Trinajstić information content (AvgIpc) is 2.18. The number of rotatable bonds is 3. The van der Waals surface area contributed by atoms with Crippen LogP contribution in [0.4, 0.5) is 5.69 Å². The molecule has 0 unspecified atom stereocenters. The Bertz CT molecular complexity index is 362. The number of carboxylic acid groups (broad SMARTS) is 1. The van der Waals surface area contributed by atoms with Gasteiger partial charge in [-0.15, -0.1) is 0 Å². The Morgan fingerprint density at radius 2 is 1.87 bits per heavy atom. The van der Waals surface area contributed by atoms with Crippen LogP contribution in [0.25, 0.3) is 0 Å². The molecule has 0 fully saturated rings. The maximum atomic E-state index is 10.9. The van der Waals surface area contributed by atoms with E-state index in [0.717, 1.165) is 0 Å². The molecule has 1 aromatic carbocycles. The second-order valence-corrected chi connectivity index (χ2v) is 2.91. The van der Waals surface area contributed by atoms with Gasteiger partial charge in [0.2, 0.25) is 5.91 Å². The molecule has 0 aliphatic heterocycles. The number of carbonyl (C=O) groups is 2. The Morgan fingerprint density at radius 1 is 1.33 bits per heavy atom. The number of nitrogens with one attached hydrogen (secondary N) is 1. The molecule has 0 atom stereocenters. The molecule has 0 radical (unpaired) electrons. The zero-order valence-corrected chi connectivity index (χ0v) is 11.0. The minimum atomic E-state index is -0.989. The normalized spacial score (nSPS) is 8.87. The van der Waals surface area contributed by atoms with E-state index in [9.17, 15) is 9.59 Å². The number of benzene rings is 1. The zero-order chi connectivity index (χ0) is 10.6. The van der Waals surface area contributed by atoms with Crippen molar-refractivity contribution < 1.29 is 17.5 Å². The number of amides is 1. The van der Waals surface area contributed by atoms with E-state index in [-0.39, 0.29) is 57.8 Å². The van der Waals surface area contributed by atoms with E-state index in [1.54, 1.807) is 0 Å². The van der Waals surface area contributed by atoms with Gasteiger partial charge in [-0.25, -0.2) is 4.79 Å². The predicted molar refractivity (Wildman–Crippen MR) is 63.9 cm³/mol. The topological polar surface area (TPSA) is 66.4 Å². The Kier molecular flexibility index (Phi) is 7.00. The summed E-state index contributed by atoms with van der Waals surface area (Å²) in [6.07, 6.45) is 0. The van der Waals surface area contributed by atoms with Gasteiger partial charge in [0.1, 0.15) is 0 Å². The molecule has 0 saturated carbocycles. The maximum Gasteiger partial charge on any atom is 2.00 e. The summed E-state index contributed by atoms with van der Waals surface area (Å²) in [6.45, 7) is 0. The molecule has 1 amide bonds. The van der Waals surface area contributed by atoms with Crippen molar-refractivity contribution in [3.63, 3.8) is 0 Å². The third-order valence-electron chi connectivity index (χ3n) is 1.56. The molecule has 1 rings (SSSR count). The van der Waals surface area contributed by atoms with Crippen LogP contribution >= 0.6 is 12.6 Å². The van der Waals surface area contributed by atoms with E-state index < -0.39 is 5.97 Å². The van der Waals surface area contributed by atoms with Gasteiger partial charge in [0.25, 0.3) is 0 Å². The van der Waals surface area contributed by atoms with Crippen LogP contribution in [-0.2, 0) is 4.79 Å². The van der Waals surface area contributed by atoms with Gasteiger partial charge in [-0.2, -0.15) is 12.6 Å². The molecule has 0 saturated heterocycles. The maximum absolute atomic E-state index is 10.9. The van der Waals surface area contributed by atoms with Crippen molar-refractivity contribution >= 4 is 67.9 Å². The van der Waals surface area contributed by atoms with Crippen LogP contribution in [-0.4, -0.2) is 60.5 Å². The summed E-state index contributed by atoms with van der Waals surface area (Å²) in [7, 11) is 0. The van der Waals surface area contributed by atoms with Crippen molar-refractivity contribution in [3.05, 3.63) is 29.8 Å². The molecule has 0 spiro atoms. The predicted octanol–water partition coefficient (Wildman–Crippen LogP) is 1.10. The molecule has 4 nitrogen and oxygen atoms in total. The summed E-state index contributed by atoms with van der Waals surface area (Å²) in [5.74, 6) is -1.12. The van der Waals surface area contributed by atoms with Gasteiger partial charge in [-0.3, -0.25) is 4.79 Å². The van der Waals surface area contributed by atoms with Crippen LogP contribution in [0, 0.1) is 0 Å². The van der Waals surface area contributed by atoms with Gasteiger partial charge in [0, 0.05) is 5.69 Å². The van der Waals surface area contributed by atoms with Crippen molar-refractivity contribution in [2.75, 3.05) is 11.1 Å². The van der Waals surface area contributed by atoms with E-state index in [2.05, 4.69) is 17.9 Å². The Hall–Kier alpha value is -0.230. The van der Waals surface area contributed by atoms with Gasteiger partial charge >= 0.3 is 43.7 Å². The van der Waals surface area contributed by atoms with Crippen molar-refractivity contribution in [3.8, 4) is 0 Å². The van der Waals surface area contributed by atoms with E-state index in [0.29, 0.717) is 5.69 Å². The molecular weight excluding hydrogens is 242 g/mol. The molecule has 6 heteroatoms. The molecule has 2 N–H and O–H groups in total. The van der Waals surface area contributed by atoms with Crippen molar-refractivity contribution in [1.29, 1.82) is 0 Å². The Morgan fingerprint density at radius 3 is 2.27 bits per heavy atom. The molecular formula is C9H11CaNO3S. The third kappa shape index (κ3) is 4.88. The number of thiol groups is 1. The summed E-state index contributed by atoms with van der Waals surface area (Å²) >= 11 is 3.79. The van der Waals surface area contributed by atoms with Crippen LogP contribution in [0.3, 0.4) is 0 Å². The molecule has 0 aromatic heterocycles. The first-order valence-electron chi connectivity index (χ1n) is 3.87. The standard InChI is InChI=1S/C9H9NO3S.Ca.2H/c11-8(5-14)10-7-3-1-6(2-4-7)9(12)13;;;/h1-4,14H,5H2,(H,10,11)(H,12,13);;;/q;+2;2*-1. The number of carboxylic acids is 1. The molecule has 0 bridgehead atoms. The molecule has 78 valence electrons. The molecule has 1 aromatic rings. The van der Waals surface area contributed by atoms with E-state index in [4.69, 9.17) is 5.11 Å². The smallest absolute Gasteiger partial charge is 1.00 e. The molecule has 0 heterocycles. The van der Waals surface area contributed by atoms with Crippen LogP contribution < -0.4 is 5.32 Å². The van der Waals surface area contributed by atoms with Crippen LogP contribution in [0.2, 0.25) is 0 Å². The minimum absolute atomic E-state index is 0. The number of aromatic carboxylic acids is 1. The molecule has 0 aliphatic carbocycles. The molecule has 0 aliphatic rings. The first-order chi connectivity index (χ1) is 6.63. The van der Waals surface area contributed by atoms with Crippen LogP contribution in [0.15, 0.2) is 24.3 Å². The van der Waals surface area contributed by atoms with Gasteiger partial charge in [0.05, 0.1) is 11.3 Å². The van der Waals surface area contributed by atoms with Crippen LogP contribution in [0.1, 0.15) is 13.2 Å². The van der Waals surface area contributed by atoms with Crippen molar-refractivity contribution in [2.45, 2.75) is 0 Å². The first-order valence-corrected chi connectivity index (χ1v) is 4.51. The number of hydrogen-bond acceptors (Lipinski definition) is 3. The SMILES string of the molecule is O=C(CS)Nc1ccc(C(=O)O)cc1.[Ca+2].[H-].[H-]. The summed E-state index contributed by atoms with van der Waals surface area (Å²) in [5.41, 5.74) is 0.753. The fourth-order valence-electron chi connectivity index (χ4n) is 0.897. The fourth-order valence-corrected chi connectivity index (χ4v) is 0.976. The van der Waals surface area contributed by atoms with Crippen LogP contribution in [0.5, 0.6) is 0 Å². The second-order valence-electron chi connectivity index (χ2n) is 2.59. The summed E-state index contributed by atoms with van der Waals surface area (Å²) in [5, 5.41) is 11.2. The van der Waals surface area contributed by atoms with E-state index in [1.165, 1.54) is 24.3 Å². The first kappa shape index (κ1) is 14.8. The summed E-state index contributed by atoms with van der Waals surface area (Å²) < 4.78 is 0. The third-order valence-corrected chi connectivity index (χ3v) is 1.85. The minimum Gasteiger partial charge on any atom is -1.00 e. The molecule has 15 heavy (non-hydrogen) atoms. The van der Waals surface area contributed by atoms with Crippen molar-refractivity contribution in [2.24, 2.45) is 0 Å². The second kappa shape index (κ2) is 7.11. The van der Waals surface area contributed by atoms with Gasteiger partial charge in [-0.1, -0.05) is 0 Å². The average molecular weight is 253 g/mol. The van der Waals surface area contributed by atoms with Gasteiger partial charge in [0.15, 0.2) is 0 Å². The number of carbonyl (C=O) groups excluding carboxylic acids is 1. The number of hydrogen-bond donors (Lipinski definition) is 3. The Balaban J connectivity index is -0.000000653. The largest absolute Gasteiger partial charge is 2.00 e. The van der Waals surface area contributed by atoms with E-state index in [1.807, 2.05) is 0 Å². The monoisotopic (exact) mass is 253 g/mol. The van der Waals surface area contributed by atoms with Gasteiger partial charge in [-0.05, 0) is 24.3 Å². The van der Waals surface area contributed by atoms with E-state index >= 15 is 0 Å². The number of anilines is 1. The quantitative estimate of drug-likeness (QED) is 0.558. The summed E-state index contributed by atoms with van der Waals surface area (Å²) in [6, 6.07) is 5.92.